The van der Waals surface area contributed by atoms with E-state index in [9.17, 15) is 20.2 Å². The van der Waals surface area contributed by atoms with E-state index in [1.54, 1.807) is 18.0 Å². The van der Waals surface area contributed by atoms with Crippen LogP contribution in [0.2, 0.25) is 0 Å². The highest BCUT2D eigenvalue weighted by Crippen LogP contribution is 2.39. The molecule has 0 spiro atoms. The van der Waals surface area contributed by atoms with Gasteiger partial charge in [-0.3, -0.25) is 25.1 Å². The molecule has 0 aromatic carbocycles. The molecule has 0 unspecified atom stereocenters. The van der Waals surface area contributed by atoms with Crippen molar-refractivity contribution in [2.75, 3.05) is 20.1 Å². The van der Waals surface area contributed by atoms with Crippen molar-refractivity contribution in [3.63, 3.8) is 0 Å². The standard InChI is InChI=1S/C9H13N3O4/c1-10-6-8(11(13)14)3-2-4-9(5-8,7-10)12(15)16/h2-3H,4-7H2,1H3/t8-,9+/m1/s1. The second-order valence-electron chi connectivity index (χ2n) is 4.80. The molecule has 7 nitrogen and oxygen atoms in total. The van der Waals surface area contributed by atoms with Gasteiger partial charge in [0.2, 0.25) is 5.54 Å². The van der Waals surface area contributed by atoms with Crippen molar-refractivity contribution in [2.24, 2.45) is 0 Å². The Balaban J connectivity index is 2.44. The predicted octanol–water partition coefficient (Wildman–Crippen LogP) is 0.313. The Morgan fingerprint density at radius 3 is 2.50 bits per heavy atom. The topological polar surface area (TPSA) is 89.5 Å². The van der Waals surface area contributed by atoms with E-state index in [0.717, 1.165) is 0 Å². The molecule has 0 radical (unpaired) electrons. The third kappa shape index (κ3) is 1.39. The number of hydrogen-bond acceptors (Lipinski definition) is 5. The van der Waals surface area contributed by atoms with Gasteiger partial charge in [-0.15, -0.1) is 0 Å². The molecule has 0 aromatic heterocycles. The Labute approximate surface area is 92.0 Å². The second-order valence-corrected chi connectivity index (χ2v) is 4.80. The third-order valence-corrected chi connectivity index (χ3v) is 3.42. The zero-order valence-corrected chi connectivity index (χ0v) is 8.96. The van der Waals surface area contributed by atoms with Crippen LogP contribution in [0.15, 0.2) is 12.2 Å². The van der Waals surface area contributed by atoms with E-state index in [2.05, 4.69) is 0 Å². The highest BCUT2D eigenvalue weighted by molar-refractivity contribution is 5.17. The van der Waals surface area contributed by atoms with Gasteiger partial charge in [0.1, 0.15) is 0 Å². The highest BCUT2D eigenvalue weighted by Gasteiger charge is 2.61. The fraction of sp³-hybridized carbons (Fsp3) is 0.778. The van der Waals surface area contributed by atoms with Crippen LogP contribution in [-0.4, -0.2) is 46.0 Å². The summed E-state index contributed by atoms with van der Waals surface area (Å²) in [4.78, 5) is 23.2. The minimum Gasteiger partial charge on any atom is -0.292 e. The molecule has 1 aliphatic heterocycles. The molecular formula is C9H13N3O4. The molecule has 0 amide bonds. The summed E-state index contributed by atoms with van der Waals surface area (Å²) in [6.07, 6.45) is 3.38. The Morgan fingerprint density at radius 2 is 1.94 bits per heavy atom. The number of hydrogen-bond donors (Lipinski definition) is 0. The van der Waals surface area contributed by atoms with Crippen LogP contribution in [0.25, 0.3) is 0 Å². The predicted molar refractivity (Wildman–Crippen MR) is 55.3 cm³/mol. The lowest BCUT2D eigenvalue weighted by Crippen LogP contribution is -2.65. The van der Waals surface area contributed by atoms with Gasteiger partial charge in [0, 0.05) is 16.3 Å². The van der Waals surface area contributed by atoms with Gasteiger partial charge in [-0.25, -0.2) is 0 Å². The van der Waals surface area contributed by atoms with E-state index in [-0.39, 0.29) is 30.9 Å². The van der Waals surface area contributed by atoms with Crippen LogP contribution in [0.5, 0.6) is 0 Å². The summed E-state index contributed by atoms with van der Waals surface area (Å²) in [5.74, 6) is 0. The summed E-state index contributed by atoms with van der Waals surface area (Å²) in [5, 5.41) is 22.2. The van der Waals surface area contributed by atoms with Gasteiger partial charge >= 0.3 is 0 Å². The van der Waals surface area contributed by atoms with Crippen molar-refractivity contribution in [2.45, 2.75) is 23.9 Å². The lowest BCUT2D eigenvalue weighted by atomic mass is 9.72. The summed E-state index contributed by atoms with van der Waals surface area (Å²) < 4.78 is 0. The minimum absolute atomic E-state index is 0.000833. The Morgan fingerprint density at radius 1 is 1.25 bits per heavy atom. The number of nitrogens with zero attached hydrogens (tertiary/aromatic N) is 3. The monoisotopic (exact) mass is 227 g/mol. The molecular weight excluding hydrogens is 214 g/mol. The second kappa shape index (κ2) is 3.24. The average molecular weight is 227 g/mol. The first-order chi connectivity index (χ1) is 7.40. The lowest BCUT2D eigenvalue weighted by molar-refractivity contribution is -0.619. The Kier molecular flexibility index (Phi) is 2.23. The number of fused-ring (bicyclic) bond motifs is 2. The van der Waals surface area contributed by atoms with Crippen LogP contribution in [0.4, 0.5) is 0 Å². The summed E-state index contributed by atoms with van der Waals surface area (Å²) in [6.45, 7) is 0.520. The van der Waals surface area contributed by atoms with Gasteiger partial charge in [-0.05, 0) is 13.1 Å². The molecule has 1 saturated heterocycles. The molecule has 2 atom stereocenters. The molecule has 1 fully saturated rings. The average Bonchev–Trinajstić information content (AvgIpc) is 2.16. The highest BCUT2D eigenvalue weighted by atomic mass is 16.6. The smallest absolute Gasteiger partial charge is 0.259 e. The fourth-order valence-corrected chi connectivity index (χ4v) is 2.83. The summed E-state index contributed by atoms with van der Waals surface area (Å²) >= 11 is 0. The lowest BCUT2D eigenvalue weighted by Gasteiger charge is -2.42. The van der Waals surface area contributed by atoms with Gasteiger partial charge in [-0.2, -0.15) is 0 Å². The van der Waals surface area contributed by atoms with Crippen molar-refractivity contribution < 1.29 is 9.85 Å². The Hall–Kier alpha value is -1.50. The van der Waals surface area contributed by atoms with Gasteiger partial charge in [0.05, 0.1) is 19.5 Å². The number of piperidine rings is 1. The van der Waals surface area contributed by atoms with Crippen LogP contribution in [0.1, 0.15) is 12.8 Å². The van der Waals surface area contributed by atoms with E-state index in [1.807, 2.05) is 0 Å². The number of likely N-dealkylation sites (N-methyl/N-ethyl adjacent to an activating group) is 1. The maximum absolute atomic E-state index is 11.1. The first kappa shape index (κ1) is 11.0. The molecule has 1 aliphatic carbocycles. The van der Waals surface area contributed by atoms with Crippen LogP contribution in [-0.2, 0) is 0 Å². The van der Waals surface area contributed by atoms with Crippen molar-refractivity contribution in [1.29, 1.82) is 0 Å². The van der Waals surface area contributed by atoms with Gasteiger partial charge in [0.15, 0.2) is 0 Å². The van der Waals surface area contributed by atoms with Gasteiger partial charge < -0.3 is 0 Å². The molecule has 88 valence electrons. The molecule has 7 heteroatoms. The summed E-state index contributed by atoms with van der Waals surface area (Å²) in [7, 11) is 1.69. The van der Waals surface area contributed by atoms with Crippen molar-refractivity contribution in [3.8, 4) is 0 Å². The summed E-state index contributed by atoms with van der Waals surface area (Å²) in [5.41, 5.74) is -2.47. The van der Waals surface area contributed by atoms with E-state index in [1.165, 1.54) is 6.08 Å². The molecule has 2 bridgehead atoms. The maximum atomic E-state index is 11.1. The minimum atomic E-state index is -1.28. The maximum Gasteiger partial charge on any atom is 0.259 e. The molecule has 0 N–H and O–H groups in total. The number of rotatable bonds is 2. The summed E-state index contributed by atoms with van der Waals surface area (Å²) in [6, 6.07) is 0. The fourth-order valence-electron chi connectivity index (χ4n) is 2.83. The van der Waals surface area contributed by atoms with Crippen LogP contribution in [0.3, 0.4) is 0 Å². The molecule has 0 aromatic rings. The van der Waals surface area contributed by atoms with Crippen LogP contribution in [0, 0.1) is 20.2 Å². The van der Waals surface area contributed by atoms with Crippen molar-refractivity contribution in [3.05, 3.63) is 32.4 Å². The molecule has 16 heavy (non-hydrogen) atoms. The Bertz CT molecular complexity index is 383. The third-order valence-electron chi connectivity index (χ3n) is 3.42. The van der Waals surface area contributed by atoms with Crippen LogP contribution >= 0.6 is 0 Å². The number of likely N-dealkylation sites (tertiary alicyclic amines) is 1. The normalized spacial score (nSPS) is 38.3. The van der Waals surface area contributed by atoms with E-state index in [0.29, 0.717) is 0 Å². The molecule has 2 aliphatic rings. The molecule has 0 saturated carbocycles. The van der Waals surface area contributed by atoms with Gasteiger partial charge in [-0.1, -0.05) is 6.08 Å². The van der Waals surface area contributed by atoms with E-state index < -0.39 is 16.0 Å². The van der Waals surface area contributed by atoms with Crippen molar-refractivity contribution in [1.82, 2.24) is 4.90 Å². The first-order valence-corrected chi connectivity index (χ1v) is 5.06. The molecule has 2 rings (SSSR count). The number of nitro groups is 2. The van der Waals surface area contributed by atoms with Crippen molar-refractivity contribution >= 4 is 0 Å². The zero-order valence-electron chi connectivity index (χ0n) is 8.96. The molecule has 1 heterocycles. The first-order valence-electron chi connectivity index (χ1n) is 5.06. The zero-order chi connectivity index (χ0) is 12.0. The van der Waals surface area contributed by atoms with Crippen LogP contribution < -0.4 is 0 Å². The largest absolute Gasteiger partial charge is 0.292 e. The van der Waals surface area contributed by atoms with E-state index >= 15 is 0 Å². The SMILES string of the molecule is CN1C[C@@]2([N+](=O)[O-])C=CC[C@@]([N+](=O)[O-])(C1)C2. The van der Waals surface area contributed by atoms with Gasteiger partial charge in [0.25, 0.3) is 5.54 Å². The van der Waals surface area contributed by atoms with E-state index in [4.69, 9.17) is 0 Å². The quantitative estimate of drug-likeness (QED) is 0.385.